The fraction of sp³-hybridized carbons (Fsp3) is 0.500. The summed E-state index contributed by atoms with van der Waals surface area (Å²) in [6.07, 6.45) is 2.69. The molecule has 1 atom stereocenters. The molecule has 0 aliphatic heterocycles. The van der Waals surface area contributed by atoms with Crippen molar-refractivity contribution in [1.82, 2.24) is 4.98 Å². The molecule has 0 aromatic carbocycles. The Labute approximate surface area is 100 Å². The van der Waals surface area contributed by atoms with E-state index in [2.05, 4.69) is 23.3 Å². The third-order valence-corrected chi connectivity index (χ3v) is 3.15. The Kier molecular flexibility index (Phi) is 3.31. The van der Waals surface area contributed by atoms with Crippen LogP contribution in [0.5, 0.6) is 0 Å². The Morgan fingerprint density at radius 1 is 1.62 bits per heavy atom. The molecule has 0 amide bonds. The Morgan fingerprint density at radius 2 is 2.38 bits per heavy atom. The highest BCUT2D eigenvalue weighted by Crippen LogP contribution is 2.36. The lowest BCUT2D eigenvalue weighted by Crippen LogP contribution is -2.13. The molecule has 1 aromatic heterocycles. The van der Waals surface area contributed by atoms with Crippen LogP contribution < -0.4 is 5.32 Å². The number of rotatable bonds is 4. The monoisotopic (exact) mass is 235 g/mol. The van der Waals surface area contributed by atoms with Gasteiger partial charge in [-0.15, -0.1) is 0 Å². The Balaban J connectivity index is 1.98. The minimum atomic E-state index is 0.362. The van der Waals surface area contributed by atoms with Crippen molar-refractivity contribution >= 4 is 17.4 Å². The molecule has 1 aliphatic rings. The van der Waals surface area contributed by atoms with Crippen LogP contribution in [0.1, 0.15) is 25.3 Å². The lowest BCUT2D eigenvalue weighted by molar-refractivity contribution is 0.536. The van der Waals surface area contributed by atoms with Gasteiger partial charge < -0.3 is 5.32 Å². The van der Waals surface area contributed by atoms with E-state index in [0.717, 1.165) is 12.5 Å². The average Bonchev–Trinajstić information content (AvgIpc) is 3.08. The van der Waals surface area contributed by atoms with E-state index >= 15 is 0 Å². The fourth-order valence-corrected chi connectivity index (χ4v) is 1.96. The molecule has 1 N–H and O–H groups in total. The van der Waals surface area contributed by atoms with Crippen molar-refractivity contribution in [1.29, 1.82) is 5.26 Å². The van der Waals surface area contributed by atoms with E-state index < -0.39 is 0 Å². The minimum Gasteiger partial charge on any atom is -0.370 e. The van der Waals surface area contributed by atoms with Gasteiger partial charge in [0.1, 0.15) is 11.0 Å². The fourth-order valence-electron chi connectivity index (χ4n) is 1.75. The zero-order valence-electron chi connectivity index (χ0n) is 9.20. The standard InChI is InChI=1S/C12H14ClN3/c1-8(10-2-3-10)7-15-12-5-9(6-14)4-11(13)16-12/h4-5,8,10H,2-3,7H2,1H3,(H,15,16). The quantitative estimate of drug-likeness (QED) is 0.816. The van der Waals surface area contributed by atoms with Gasteiger partial charge >= 0.3 is 0 Å². The largest absolute Gasteiger partial charge is 0.370 e. The molecule has 16 heavy (non-hydrogen) atoms. The van der Waals surface area contributed by atoms with Gasteiger partial charge in [0, 0.05) is 6.54 Å². The summed E-state index contributed by atoms with van der Waals surface area (Å²) in [5.41, 5.74) is 0.543. The Morgan fingerprint density at radius 3 is 3.00 bits per heavy atom. The lowest BCUT2D eigenvalue weighted by Gasteiger charge is -2.12. The van der Waals surface area contributed by atoms with Crippen LogP contribution in [0.4, 0.5) is 5.82 Å². The van der Waals surface area contributed by atoms with E-state index in [1.165, 1.54) is 12.8 Å². The number of pyridine rings is 1. The van der Waals surface area contributed by atoms with E-state index in [1.807, 2.05) is 0 Å². The van der Waals surface area contributed by atoms with Gasteiger partial charge in [-0.1, -0.05) is 18.5 Å². The van der Waals surface area contributed by atoms with Crippen LogP contribution in [0.2, 0.25) is 5.15 Å². The predicted octanol–water partition coefficient (Wildman–Crippen LogP) is 3.06. The molecule has 0 spiro atoms. The van der Waals surface area contributed by atoms with Gasteiger partial charge in [-0.05, 0) is 36.8 Å². The summed E-state index contributed by atoms with van der Waals surface area (Å²) in [5.74, 6) is 2.21. The van der Waals surface area contributed by atoms with Crippen molar-refractivity contribution in [2.24, 2.45) is 11.8 Å². The summed E-state index contributed by atoms with van der Waals surface area (Å²) >= 11 is 5.82. The summed E-state index contributed by atoms with van der Waals surface area (Å²) < 4.78 is 0. The number of hydrogen-bond donors (Lipinski definition) is 1. The number of nitrogens with zero attached hydrogens (tertiary/aromatic N) is 2. The molecule has 1 aromatic rings. The predicted molar refractivity (Wildman–Crippen MR) is 64.3 cm³/mol. The molecule has 0 radical (unpaired) electrons. The second-order valence-electron chi connectivity index (χ2n) is 4.37. The van der Waals surface area contributed by atoms with E-state index in [-0.39, 0.29) is 0 Å². The van der Waals surface area contributed by atoms with Crippen LogP contribution >= 0.6 is 11.6 Å². The highest BCUT2D eigenvalue weighted by molar-refractivity contribution is 6.29. The van der Waals surface area contributed by atoms with Crippen molar-refractivity contribution < 1.29 is 0 Å². The second kappa shape index (κ2) is 4.71. The third-order valence-electron chi connectivity index (χ3n) is 2.96. The van der Waals surface area contributed by atoms with E-state index in [1.54, 1.807) is 12.1 Å². The van der Waals surface area contributed by atoms with Crippen LogP contribution in [0.25, 0.3) is 0 Å². The van der Waals surface area contributed by atoms with Gasteiger partial charge in [0.2, 0.25) is 0 Å². The van der Waals surface area contributed by atoms with Gasteiger partial charge in [0.25, 0.3) is 0 Å². The smallest absolute Gasteiger partial charge is 0.132 e. The molecule has 1 unspecified atom stereocenters. The first-order valence-electron chi connectivity index (χ1n) is 5.50. The summed E-state index contributed by atoms with van der Waals surface area (Å²) in [5, 5.41) is 12.4. The van der Waals surface area contributed by atoms with Crippen molar-refractivity contribution in [3.63, 3.8) is 0 Å². The summed E-state index contributed by atoms with van der Waals surface area (Å²) in [4.78, 5) is 4.14. The number of nitrogens with one attached hydrogen (secondary N) is 1. The zero-order chi connectivity index (χ0) is 11.5. The molecule has 1 fully saturated rings. The van der Waals surface area contributed by atoms with Gasteiger partial charge in [-0.25, -0.2) is 4.98 Å². The molecule has 1 aliphatic carbocycles. The number of aromatic nitrogens is 1. The van der Waals surface area contributed by atoms with Gasteiger partial charge in [-0.3, -0.25) is 0 Å². The lowest BCUT2D eigenvalue weighted by atomic mass is 10.1. The highest BCUT2D eigenvalue weighted by Gasteiger charge is 2.27. The minimum absolute atomic E-state index is 0.362. The van der Waals surface area contributed by atoms with Crippen LogP contribution in [0.15, 0.2) is 12.1 Å². The first kappa shape index (κ1) is 11.2. The van der Waals surface area contributed by atoms with E-state index in [0.29, 0.717) is 22.5 Å². The van der Waals surface area contributed by atoms with E-state index in [9.17, 15) is 0 Å². The molecule has 4 heteroatoms. The highest BCUT2D eigenvalue weighted by atomic mass is 35.5. The van der Waals surface area contributed by atoms with Crippen LogP contribution in [0.3, 0.4) is 0 Å². The van der Waals surface area contributed by atoms with Crippen LogP contribution in [-0.4, -0.2) is 11.5 Å². The molecule has 84 valence electrons. The molecule has 0 bridgehead atoms. The van der Waals surface area contributed by atoms with Gasteiger partial charge in [0.05, 0.1) is 11.6 Å². The maximum absolute atomic E-state index is 8.80. The molecule has 1 saturated carbocycles. The van der Waals surface area contributed by atoms with Gasteiger partial charge in [-0.2, -0.15) is 5.26 Å². The molecule has 0 saturated heterocycles. The van der Waals surface area contributed by atoms with Crippen molar-refractivity contribution in [2.75, 3.05) is 11.9 Å². The van der Waals surface area contributed by atoms with Crippen molar-refractivity contribution in [2.45, 2.75) is 19.8 Å². The number of halogens is 1. The maximum atomic E-state index is 8.80. The summed E-state index contributed by atoms with van der Waals surface area (Å²) in [7, 11) is 0. The number of nitriles is 1. The van der Waals surface area contributed by atoms with E-state index in [4.69, 9.17) is 16.9 Å². The molecular weight excluding hydrogens is 222 g/mol. The Bertz CT molecular complexity index is 421. The number of hydrogen-bond acceptors (Lipinski definition) is 3. The SMILES string of the molecule is CC(CNc1cc(C#N)cc(Cl)n1)C1CC1. The van der Waals surface area contributed by atoms with Crippen molar-refractivity contribution in [3.05, 3.63) is 22.8 Å². The van der Waals surface area contributed by atoms with Crippen molar-refractivity contribution in [3.8, 4) is 6.07 Å². The molecular formula is C12H14ClN3. The topological polar surface area (TPSA) is 48.7 Å². The molecule has 1 heterocycles. The van der Waals surface area contributed by atoms with Crippen LogP contribution in [-0.2, 0) is 0 Å². The average molecular weight is 236 g/mol. The summed E-state index contributed by atoms with van der Waals surface area (Å²) in [6, 6.07) is 5.36. The molecule has 3 nitrogen and oxygen atoms in total. The zero-order valence-corrected chi connectivity index (χ0v) is 9.96. The maximum Gasteiger partial charge on any atom is 0.132 e. The third kappa shape index (κ3) is 2.86. The van der Waals surface area contributed by atoms with Crippen LogP contribution in [0, 0.1) is 23.2 Å². The van der Waals surface area contributed by atoms with Gasteiger partial charge in [0.15, 0.2) is 0 Å². The molecule has 2 rings (SSSR count). The summed E-state index contributed by atoms with van der Waals surface area (Å²) in [6.45, 7) is 3.13. The first-order chi connectivity index (χ1) is 7.69. The number of anilines is 1. The first-order valence-corrected chi connectivity index (χ1v) is 5.88. The second-order valence-corrected chi connectivity index (χ2v) is 4.76. The Hall–Kier alpha value is -1.27. The normalized spacial score (nSPS) is 16.6.